The summed E-state index contributed by atoms with van der Waals surface area (Å²) in [5.74, 6) is 0.785. The van der Waals surface area contributed by atoms with E-state index in [1.807, 2.05) is 12.3 Å². The van der Waals surface area contributed by atoms with E-state index in [1.54, 1.807) is 17.8 Å². The lowest BCUT2D eigenvalue weighted by Crippen LogP contribution is -2.33. The summed E-state index contributed by atoms with van der Waals surface area (Å²) >= 11 is 1.74. The van der Waals surface area contributed by atoms with Crippen molar-refractivity contribution in [3.8, 4) is 0 Å². The molecule has 0 aromatic heterocycles. The summed E-state index contributed by atoms with van der Waals surface area (Å²) in [5, 5.41) is 12.5. The minimum Gasteiger partial charge on any atom is -0.396 e. The maximum absolute atomic E-state index is 14.2. The Kier molecular flexibility index (Phi) is 6.80. The highest BCUT2D eigenvalue weighted by atomic mass is 32.2. The Bertz CT molecular complexity index is 432. The van der Waals surface area contributed by atoms with E-state index in [9.17, 15) is 4.39 Å². The van der Waals surface area contributed by atoms with Crippen LogP contribution in [0, 0.1) is 5.82 Å². The van der Waals surface area contributed by atoms with Crippen molar-refractivity contribution < 1.29 is 9.50 Å². The molecule has 1 fully saturated rings. The van der Waals surface area contributed by atoms with Crippen molar-refractivity contribution in [1.82, 2.24) is 5.32 Å². The molecule has 0 spiro atoms. The molecule has 1 unspecified atom stereocenters. The van der Waals surface area contributed by atoms with Crippen molar-refractivity contribution in [3.05, 3.63) is 29.6 Å². The summed E-state index contributed by atoms with van der Waals surface area (Å²) in [7, 11) is 0. The lowest BCUT2D eigenvalue weighted by molar-refractivity contribution is 0.269. The lowest BCUT2D eigenvalue weighted by Gasteiger charge is -2.23. The number of aliphatic hydroxyl groups excluding tert-OH is 1. The first kappa shape index (κ1) is 16.6. The molecule has 2 N–H and O–H groups in total. The molecule has 1 aromatic rings. The van der Waals surface area contributed by atoms with Crippen molar-refractivity contribution in [2.45, 2.75) is 31.8 Å². The van der Waals surface area contributed by atoms with Crippen LogP contribution in [0.4, 0.5) is 10.1 Å². The third kappa shape index (κ3) is 4.59. The molecule has 0 bridgehead atoms. The largest absolute Gasteiger partial charge is 0.396 e. The van der Waals surface area contributed by atoms with E-state index < -0.39 is 0 Å². The lowest BCUT2D eigenvalue weighted by atomic mass is 10.1. The van der Waals surface area contributed by atoms with E-state index in [-0.39, 0.29) is 18.5 Å². The topological polar surface area (TPSA) is 35.5 Å². The number of nitrogens with one attached hydrogen (secondary N) is 1. The van der Waals surface area contributed by atoms with Crippen molar-refractivity contribution >= 4 is 17.4 Å². The van der Waals surface area contributed by atoms with Gasteiger partial charge < -0.3 is 15.3 Å². The van der Waals surface area contributed by atoms with Gasteiger partial charge in [-0.25, -0.2) is 4.39 Å². The highest BCUT2D eigenvalue weighted by molar-refractivity contribution is 7.98. The van der Waals surface area contributed by atoms with Crippen LogP contribution >= 0.6 is 11.8 Å². The molecular formula is C16H25FN2OS. The van der Waals surface area contributed by atoms with Crippen LogP contribution in [0.2, 0.25) is 0 Å². The number of thioether (sulfide) groups is 1. The Morgan fingerprint density at radius 2 is 2.14 bits per heavy atom. The minimum atomic E-state index is -0.140. The first-order valence-corrected chi connectivity index (χ1v) is 9.01. The monoisotopic (exact) mass is 312 g/mol. The fraction of sp³-hybridized carbons (Fsp3) is 0.625. The molecule has 1 saturated heterocycles. The Morgan fingerprint density at radius 3 is 2.81 bits per heavy atom. The maximum atomic E-state index is 14.2. The molecule has 0 aliphatic carbocycles. The highest BCUT2D eigenvalue weighted by Crippen LogP contribution is 2.26. The second kappa shape index (κ2) is 8.61. The third-order valence-corrected chi connectivity index (χ3v) is 4.69. The summed E-state index contributed by atoms with van der Waals surface area (Å²) in [4.78, 5) is 2.27. The van der Waals surface area contributed by atoms with E-state index in [0.29, 0.717) is 13.0 Å². The van der Waals surface area contributed by atoms with E-state index in [2.05, 4.69) is 10.2 Å². The molecular weight excluding hydrogens is 287 g/mol. The number of aliphatic hydroxyl groups is 1. The molecule has 1 aromatic carbocycles. The predicted molar refractivity (Wildman–Crippen MR) is 88.6 cm³/mol. The van der Waals surface area contributed by atoms with Gasteiger partial charge in [0.05, 0.1) is 0 Å². The van der Waals surface area contributed by atoms with Crippen LogP contribution in [-0.2, 0) is 6.54 Å². The highest BCUT2D eigenvalue weighted by Gasteiger charge is 2.18. The maximum Gasteiger partial charge on any atom is 0.129 e. The van der Waals surface area contributed by atoms with E-state index in [1.165, 1.54) is 18.9 Å². The molecule has 1 heterocycles. The first-order chi connectivity index (χ1) is 10.3. The number of anilines is 1. The number of nitrogens with zero attached hydrogens (tertiary/aromatic N) is 1. The van der Waals surface area contributed by atoms with E-state index in [0.717, 1.165) is 30.1 Å². The van der Waals surface area contributed by atoms with Crippen molar-refractivity contribution in [1.29, 1.82) is 0 Å². The molecule has 5 heteroatoms. The Balaban J connectivity index is 2.07. The Labute approximate surface area is 130 Å². The van der Waals surface area contributed by atoms with E-state index in [4.69, 9.17) is 5.11 Å². The number of hydrogen-bond donors (Lipinski definition) is 2. The normalized spacial score (nSPS) is 16.4. The minimum absolute atomic E-state index is 0.140. The molecule has 1 aliphatic heterocycles. The molecule has 1 atom stereocenters. The van der Waals surface area contributed by atoms with Crippen molar-refractivity contribution in [2.24, 2.45) is 0 Å². The fourth-order valence-electron chi connectivity index (χ4n) is 2.82. The van der Waals surface area contributed by atoms with Crippen LogP contribution in [0.1, 0.15) is 24.8 Å². The van der Waals surface area contributed by atoms with E-state index >= 15 is 0 Å². The number of halogens is 1. The zero-order chi connectivity index (χ0) is 15.1. The molecule has 0 amide bonds. The molecule has 0 radical (unpaired) electrons. The van der Waals surface area contributed by atoms with Gasteiger partial charge in [-0.15, -0.1) is 0 Å². The molecule has 2 rings (SSSR count). The molecule has 3 nitrogen and oxygen atoms in total. The molecule has 21 heavy (non-hydrogen) atoms. The predicted octanol–water partition coefficient (Wildman–Crippen LogP) is 2.63. The van der Waals surface area contributed by atoms with Gasteiger partial charge >= 0.3 is 0 Å². The van der Waals surface area contributed by atoms with Gasteiger partial charge in [0.15, 0.2) is 0 Å². The molecule has 118 valence electrons. The van der Waals surface area contributed by atoms with Gasteiger partial charge in [0.1, 0.15) is 5.82 Å². The smallest absolute Gasteiger partial charge is 0.129 e. The quantitative estimate of drug-likeness (QED) is 0.773. The van der Waals surface area contributed by atoms with Crippen LogP contribution in [0.3, 0.4) is 0 Å². The van der Waals surface area contributed by atoms with Crippen molar-refractivity contribution in [2.75, 3.05) is 36.6 Å². The number of hydrogen-bond acceptors (Lipinski definition) is 4. The Hall–Kier alpha value is -0.780. The molecule has 1 aliphatic rings. The van der Waals surface area contributed by atoms with Crippen LogP contribution < -0.4 is 10.2 Å². The van der Waals surface area contributed by atoms with Crippen LogP contribution in [0.25, 0.3) is 0 Å². The summed E-state index contributed by atoms with van der Waals surface area (Å²) in [6.45, 7) is 2.71. The number of rotatable bonds is 8. The average molecular weight is 312 g/mol. The summed E-state index contributed by atoms with van der Waals surface area (Å²) < 4.78 is 14.2. The third-order valence-electron chi connectivity index (χ3n) is 3.95. The van der Waals surface area contributed by atoms with Gasteiger partial charge in [-0.2, -0.15) is 11.8 Å². The van der Waals surface area contributed by atoms with Gasteiger partial charge in [-0.1, -0.05) is 6.07 Å². The van der Waals surface area contributed by atoms with Gasteiger partial charge in [-0.3, -0.25) is 0 Å². The Morgan fingerprint density at radius 1 is 1.38 bits per heavy atom. The summed E-state index contributed by atoms with van der Waals surface area (Å²) in [5.41, 5.74) is 1.77. The van der Waals surface area contributed by atoms with Gasteiger partial charge in [0.2, 0.25) is 0 Å². The van der Waals surface area contributed by atoms with Crippen LogP contribution in [0.15, 0.2) is 18.2 Å². The SMILES string of the molecule is CSCC(CCO)NCc1c(F)cccc1N1CCCC1. The first-order valence-electron chi connectivity index (χ1n) is 7.61. The zero-order valence-corrected chi connectivity index (χ0v) is 13.5. The average Bonchev–Trinajstić information content (AvgIpc) is 3.00. The van der Waals surface area contributed by atoms with Crippen LogP contribution in [-0.4, -0.2) is 42.9 Å². The van der Waals surface area contributed by atoms with Crippen LogP contribution in [0.5, 0.6) is 0 Å². The molecule has 0 saturated carbocycles. The van der Waals surface area contributed by atoms with Gasteiger partial charge in [0, 0.05) is 49.3 Å². The standard InChI is InChI=1S/C16H25FN2OS/c1-21-12-13(7-10-20)18-11-14-15(17)5-4-6-16(14)19-8-2-3-9-19/h4-6,13,18,20H,2-3,7-12H2,1H3. The summed E-state index contributed by atoms with van der Waals surface area (Å²) in [6.07, 6.45) is 5.12. The van der Waals surface area contributed by atoms with Gasteiger partial charge in [-0.05, 0) is 37.7 Å². The fourth-order valence-corrected chi connectivity index (χ4v) is 3.51. The zero-order valence-electron chi connectivity index (χ0n) is 12.6. The number of benzene rings is 1. The summed E-state index contributed by atoms with van der Waals surface area (Å²) in [6, 6.07) is 5.56. The van der Waals surface area contributed by atoms with Gasteiger partial charge in [0.25, 0.3) is 0 Å². The second-order valence-corrected chi connectivity index (χ2v) is 6.39. The van der Waals surface area contributed by atoms with Crippen molar-refractivity contribution in [3.63, 3.8) is 0 Å². The second-order valence-electron chi connectivity index (χ2n) is 5.48.